The quantitative estimate of drug-likeness (QED) is 0.847. The molecule has 0 aromatic heterocycles. The Morgan fingerprint density at radius 1 is 1.17 bits per heavy atom. The first kappa shape index (κ1) is 15.5. The highest BCUT2D eigenvalue weighted by atomic mass is 19.4. The molecule has 2 aromatic rings. The molecule has 3 nitrogen and oxygen atoms in total. The van der Waals surface area contributed by atoms with Crippen LogP contribution in [0, 0.1) is 6.07 Å². The Kier molecular flexibility index (Phi) is 4.32. The molecule has 0 aliphatic heterocycles. The minimum Gasteiger partial charge on any atom is -0.490 e. The highest BCUT2D eigenvalue weighted by Gasteiger charge is 2.31. The Bertz CT molecular complexity index is 655. The first-order valence-corrected chi connectivity index (χ1v) is 7.25. The second kappa shape index (κ2) is 6.40. The Morgan fingerprint density at radius 3 is 2.65 bits per heavy atom. The summed E-state index contributed by atoms with van der Waals surface area (Å²) in [6.07, 6.45) is -2.61. The van der Waals surface area contributed by atoms with Crippen LogP contribution in [0.15, 0.2) is 42.5 Å². The van der Waals surface area contributed by atoms with E-state index in [-0.39, 0.29) is 11.9 Å². The molecule has 0 atom stereocenters. The monoisotopic (exact) mass is 322 g/mol. The molecular formula is C17H15F3NO2. The summed E-state index contributed by atoms with van der Waals surface area (Å²) < 4.78 is 46.8. The number of rotatable bonds is 6. The number of nitrogens with one attached hydrogen (secondary N) is 1. The van der Waals surface area contributed by atoms with Gasteiger partial charge in [-0.25, -0.2) is 0 Å². The second-order valence-corrected chi connectivity index (χ2v) is 5.26. The highest BCUT2D eigenvalue weighted by Crippen LogP contribution is 2.33. The molecule has 1 fully saturated rings. The van der Waals surface area contributed by atoms with Crippen molar-refractivity contribution in [1.82, 2.24) is 0 Å². The van der Waals surface area contributed by atoms with Crippen molar-refractivity contribution in [2.45, 2.75) is 31.9 Å². The van der Waals surface area contributed by atoms with Gasteiger partial charge in [-0.05, 0) is 37.1 Å². The zero-order valence-electron chi connectivity index (χ0n) is 12.2. The first-order chi connectivity index (χ1) is 11.0. The van der Waals surface area contributed by atoms with E-state index >= 15 is 0 Å². The molecule has 2 aromatic carbocycles. The molecule has 1 N–H and O–H groups in total. The SMILES string of the molecule is FC(F)(F)Oc1ccc(OC2CC2)c(CNc2[c]cccc2)c1. The Morgan fingerprint density at radius 2 is 2.00 bits per heavy atom. The molecule has 6 heteroatoms. The summed E-state index contributed by atoms with van der Waals surface area (Å²) in [6.45, 7) is 0.317. The fourth-order valence-corrected chi connectivity index (χ4v) is 2.07. The highest BCUT2D eigenvalue weighted by molar-refractivity contribution is 5.46. The third-order valence-electron chi connectivity index (χ3n) is 3.26. The summed E-state index contributed by atoms with van der Waals surface area (Å²) in [7, 11) is 0. The maximum Gasteiger partial charge on any atom is 0.573 e. The lowest BCUT2D eigenvalue weighted by Gasteiger charge is -2.15. The predicted molar refractivity (Wildman–Crippen MR) is 79.4 cm³/mol. The van der Waals surface area contributed by atoms with Crippen molar-refractivity contribution in [2.75, 3.05) is 5.32 Å². The summed E-state index contributed by atoms with van der Waals surface area (Å²) in [6, 6.07) is 14.4. The van der Waals surface area contributed by atoms with Crippen molar-refractivity contribution in [2.24, 2.45) is 0 Å². The maximum absolute atomic E-state index is 12.4. The van der Waals surface area contributed by atoms with Gasteiger partial charge in [0.15, 0.2) is 0 Å². The van der Waals surface area contributed by atoms with Crippen molar-refractivity contribution in [3.05, 3.63) is 54.1 Å². The topological polar surface area (TPSA) is 30.5 Å². The number of para-hydroxylation sites is 1. The number of ether oxygens (including phenoxy) is 2. The summed E-state index contributed by atoms with van der Waals surface area (Å²) in [5.74, 6) is 0.319. The predicted octanol–water partition coefficient (Wildman–Crippen LogP) is 4.54. The molecule has 1 radical (unpaired) electrons. The third-order valence-corrected chi connectivity index (χ3v) is 3.26. The van der Waals surface area contributed by atoms with Crippen molar-refractivity contribution >= 4 is 5.69 Å². The lowest BCUT2D eigenvalue weighted by atomic mass is 10.1. The van der Waals surface area contributed by atoms with Crippen molar-refractivity contribution < 1.29 is 22.6 Å². The molecule has 1 aliphatic carbocycles. The van der Waals surface area contributed by atoms with Crippen molar-refractivity contribution in [3.8, 4) is 11.5 Å². The maximum atomic E-state index is 12.4. The number of anilines is 1. The van der Waals surface area contributed by atoms with Crippen LogP contribution < -0.4 is 14.8 Å². The van der Waals surface area contributed by atoms with E-state index in [0.29, 0.717) is 17.9 Å². The van der Waals surface area contributed by atoms with Crippen LogP contribution in [0.5, 0.6) is 11.5 Å². The first-order valence-electron chi connectivity index (χ1n) is 7.25. The normalized spacial score (nSPS) is 14.4. The van der Waals surface area contributed by atoms with E-state index in [1.54, 1.807) is 6.07 Å². The van der Waals surface area contributed by atoms with Gasteiger partial charge in [0.1, 0.15) is 11.5 Å². The van der Waals surface area contributed by atoms with Crippen LogP contribution in [0.3, 0.4) is 0 Å². The Balaban J connectivity index is 1.76. The van der Waals surface area contributed by atoms with E-state index in [1.165, 1.54) is 18.2 Å². The van der Waals surface area contributed by atoms with Crippen LogP contribution in [0.1, 0.15) is 18.4 Å². The van der Waals surface area contributed by atoms with E-state index in [4.69, 9.17) is 4.74 Å². The molecule has 1 aliphatic rings. The van der Waals surface area contributed by atoms with Crippen LogP contribution in [-0.2, 0) is 6.54 Å². The van der Waals surface area contributed by atoms with Gasteiger partial charge in [0, 0.05) is 23.9 Å². The van der Waals surface area contributed by atoms with Gasteiger partial charge in [0.25, 0.3) is 0 Å². The standard InChI is InChI=1S/C17H15F3NO2/c18-17(19,20)23-15-8-9-16(22-14-6-7-14)12(10-15)11-21-13-4-2-1-3-5-13/h1-4,8-10,14,21H,6-7,11H2. The van der Waals surface area contributed by atoms with Crippen molar-refractivity contribution in [3.63, 3.8) is 0 Å². The lowest BCUT2D eigenvalue weighted by molar-refractivity contribution is -0.274. The van der Waals surface area contributed by atoms with Crippen LogP contribution in [0.2, 0.25) is 0 Å². The summed E-state index contributed by atoms with van der Waals surface area (Å²) in [4.78, 5) is 0. The Hall–Kier alpha value is -2.37. The van der Waals surface area contributed by atoms with Gasteiger partial charge in [0.05, 0.1) is 6.10 Å². The molecule has 0 bridgehead atoms. The van der Waals surface area contributed by atoms with Gasteiger partial charge in [-0.1, -0.05) is 18.2 Å². The van der Waals surface area contributed by atoms with Gasteiger partial charge in [-0.3, -0.25) is 0 Å². The van der Waals surface area contributed by atoms with Gasteiger partial charge in [-0.15, -0.1) is 13.2 Å². The zero-order chi connectivity index (χ0) is 16.3. The van der Waals surface area contributed by atoms with E-state index < -0.39 is 6.36 Å². The number of benzene rings is 2. The Labute approximate surface area is 132 Å². The fourth-order valence-electron chi connectivity index (χ4n) is 2.07. The number of hydrogen-bond donors (Lipinski definition) is 1. The molecule has 0 spiro atoms. The minimum absolute atomic E-state index is 0.159. The molecule has 3 rings (SSSR count). The molecular weight excluding hydrogens is 307 g/mol. The number of alkyl halides is 3. The molecule has 0 heterocycles. The molecule has 121 valence electrons. The smallest absolute Gasteiger partial charge is 0.490 e. The molecule has 23 heavy (non-hydrogen) atoms. The fraction of sp³-hybridized carbons (Fsp3) is 0.294. The molecule has 0 unspecified atom stereocenters. The molecule has 0 amide bonds. The summed E-state index contributed by atoms with van der Waals surface area (Å²) >= 11 is 0. The van der Waals surface area contributed by atoms with Crippen molar-refractivity contribution in [1.29, 1.82) is 0 Å². The van der Waals surface area contributed by atoms with Crippen LogP contribution in [0.4, 0.5) is 18.9 Å². The largest absolute Gasteiger partial charge is 0.573 e. The van der Waals surface area contributed by atoms with E-state index in [0.717, 1.165) is 18.5 Å². The summed E-state index contributed by atoms with van der Waals surface area (Å²) in [5, 5.41) is 3.11. The van der Waals surface area contributed by atoms with Gasteiger partial charge >= 0.3 is 6.36 Å². The summed E-state index contributed by atoms with van der Waals surface area (Å²) in [5.41, 5.74) is 1.36. The van der Waals surface area contributed by atoms with Crippen LogP contribution in [0.25, 0.3) is 0 Å². The van der Waals surface area contributed by atoms with E-state index in [9.17, 15) is 13.2 Å². The second-order valence-electron chi connectivity index (χ2n) is 5.26. The third kappa shape index (κ3) is 4.81. The number of hydrogen-bond acceptors (Lipinski definition) is 3. The molecule has 0 saturated heterocycles. The van der Waals surface area contributed by atoms with E-state index in [2.05, 4.69) is 16.1 Å². The van der Waals surface area contributed by atoms with Crippen LogP contribution in [-0.4, -0.2) is 12.5 Å². The van der Waals surface area contributed by atoms with E-state index in [1.807, 2.05) is 18.2 Å². The van der Waals surface area contributed by atoms with Gasteiger partial charge < -0.3 is 14.8 Å². The lowest BCUT2D eigenvalue weighted by Crippen LogP contribution is -2.17. The van der Waals surface area contributed by atoms with Gasteiger partial charge in [0.2, 0.25) is 0 Å². The minimum atomic E-state index is -4.71. The van der Waals surface area contributed by atoms with Crippen LogP contribution >= 0.6 is 0 Å². The average molecular weight is 322 g/mol. The van der Waals surface area contributed by atoms with Gasteiger partial charge in [-0.2, -0.15) is 0 Å². The molecule has 1 saturated carbocycles. The zero-order valence-corrected chi connectivity index (χ0v) is 12.2. The average Bonchev–Trinajstić information content (AvgIpc) is 3.31. The number of halogens is 3.